The molecule has 0 bridgehead atoms. The Hall–Kier alpha value is -0.120. The van der Waals surface area contributed by atoms with E-state index >= 15 is 0 Å². The highest BCUT2D eigenvalue weighted by Crippen LogP contribution is 2.23. The van der Waals surface area contributed by atoms with Crippen LogP contribution >= 0.6 is 0 Å². The zero-order valence-electron chi connectivity index (χ0n) is 13.9. The van der Waals surface area contributed by atoms with Crippen molar-refractivity contribution in [3.05, 3.63) is 0 Å². The number of nitrogens with one attached hydrogen (secondary N) is 1. The molecule has 0 radical (unpaired) electrons. The summed E-state index contributed by atoms with van der Waals surface area (Å²) in [4.78, 5) is 5.05. The zero-order chi connectivity index (χ0) is 14.4. The summed E-state index contributed by atoms with van der Waals surface area (Å²) in [6.45, 7) is 10.1. The van der Waals surface area contributed by atoms with E-state index in [4.69, 9.17) is 0 Å². The van der Waals surface area contributed by atoms with Gasteiger partial charge in [0.1, 0.15) is 0 Å². The molecule has 0 saturated carbocycles. The lowest BCUT2D eigenvalue weighted by atomic mass is 9.85. The topological polar surface area (TPSA) is 18.5 Å². The van der Waals surface area contributed by atoms with Crippen LogP contribution in [0.3, 0.4) is 0 Å². The fourth-order valence-electron chi connectivity index (χ4n) is 3.80. The molecule has 2 aliphatic rings. The number of nitrogens with zero attached hydrogens (tertiary/aromatic N) is 2. The molecule has 118 valence electrons. The predicted octanol–water partition coefficient (Wildman–Crippen LogP) is 2.29. The first-order valence-corrected chi connectivity index (χ1v) is 8.73. The Bertz CT molecular complexity index is 255. The first kappa shape index (κ1) is 16.3. The average molecular weight is 281 g/mol. The summed E-state index contributed by atoms with van der Waals surface area (Å²) in [5, 5.41) is 3.55. The Morgan fingerprint density at radius 2 is 2.00 bits per heavy atom. The summed E-state index contributed by atoms with van der Waals surface area (Å²) < 4.78 is 0. The minimum absolute atomic E-state index is 0.878. The molecule has 0 amide bonds. The second-order valence-electron chi connectivity index (χ2n) is 7.38. The first-order valence-electron chi connectivity index (χ1n) is 8.73. The molecule has 0 aromatic rings. The molecule has 0 aromatic carbocycles. The molecule has 20 heavy (non-hydrogen) atoms. The van der Waals surface area contributed by atoms with Crippen LogP contribution < -0.4 is 5.32 Å². The van der Waals surface area contributed by atoms with E-state index in [-0.39, 0.29) is 0 Å². The van der Waals surface area contributed by atoms with E-state index in [0.717, 1.165) is 17.8 Å². The summed E-state index contributed by atoms with van der Waals surface area (Å²) >= 11 is 0. The molecule has 0 aromatic heterocycles. The van der Waals surface area contributed by atoms with Crippen LogP contribution in [0.25, 0.3) is 0 Å². The molecule has 3 nitrogen and oxygen atoms in total. The van der Waals surface area contributed by atoms with Crippen molar-refractivity contribution in [3.63, 3.8) is 0 Å². The van der Waals surface area contributed by atoms with Crippen LogP contribution in [-0.4, -0.2) is 63.2 Å². The predicted molar refractivity (Wildman–Crippen MR) is 87.1 cm³/mol. The molecular weight excluding hydrogens is 246 g/mol. The highest BCUT2D eigenvalue weighted by Gasteiger charge is 2.21. The standard InChI is InChI=1S/C17H35N3/c1-15(17-5-4-9-18-13-17)6-10-20(3)14-16-7-11-19(2)12-8-16/h15-18H,4-14H2,1-3H3. The molecule has 2 atom stereocenters. The van der Waals surface area contributed by atoms with Crippen molar-refractivity contribution in [2.24, 2.45) is 17.8 Å². The van der Waals surface area contributed by atoms with Gasteiger partial charge in [-0.05, 0) is 96.7 Å². The lowest BCUT2D eigenvalue weighted by molar-refractivity contribution is 0.165. The summed E-state index contributed by atoms with van der Waals surface area (Å²) in [6.07, 6.45) is 6.97. The molecule has 2 rings (SSSR count). The van der Waals surface area contributed by atoms with E-state index in [9.17, 15) is 0 Å². The van der Waals surface area contributed by atoms with E-state index in [1.165, 1.54) is 71.4 Å². The Balaban J connectivity index is 1.60. The maximum absolute atomic E-state index is 3.55. The van der Waals surface area contributed by atoms with Gasteiger partial charge >= 0.3 is 0 Å². The van der Waals surface area contributed by atoms with Crippen LogP contribution in [0.15, 0.2) is 0 Å². The number of hydrogen-bond acceptors (Lipinski definition) is 3. The maximum atomic E-state index is 3.55. The van der Waals surface area contributed by atoms with E-state index < -0.39 is 0 Å². The molecule has 3 heteroatoms. The highest BCUT2D eigenvalue weighted by molar-refractivity contribution is 4.76. The third-order valence-corrected chi connectivity index (χ3v) is 5.51. The highest BCUT2D eigenvalue weighted by atomic mass is 15.1. The van der Waals surface area contributed by atoms with Gasteiger partial charge in [0.05, 0.1) is 0 Å². The van der Waals surface area contributed by atoms with Crippen LogP contribution in [0, 0.1) is 17.8 Å². The normalized spacial score (nSPS) is 27.9. The van der Waals surface area contributed by atoms with Crippen LogP contribution in [0.2, 0.25) is 0 Å². The van der Waals surface area contributed by atoms with Crippen molar-refractivity contribution in [3.8, 4) is 0 Å². The van der Waals surface area contributed by atoms with E-state index in [1.807, 2.05) is 0 Å². The number of rotatable bonds is 6. The molecule has 2 aliphatic heterocycles. The van der Waals surface area contributed by atoms with Crippen LogP contribution in [-0.2, 0) is 0 Å². The SMILES string of the molecule is CC(CCN(C)CC1CCN(C)CC1)C1CCCNC1. The molecule has 2 unspecified atom stereocenters. The fourth-order valence-corrected chi connectivity index (χ4v) is 3.80. The van der Waals surface area contributed by atoms with Gasteiger partial charge in [-0.3, -0.25) is 0 Å². The van der Waals surface area contributed by atoms with Gasteiger partial charge in [-0.2, -0.15) is 0 Å². The molecule has 0 spiro atoms. The van der Waals surface area contributed by atoms with Crippen molar-refractivity contribution < 1.29 is 0 Å². The quantitative estimate of drug-likeness (QED) is 0.806. The Morgan fingerprint density at radius 1 is 1.25 bits per heavy atom. The number of likely N-dealkylation sites (tertiary alicyclic amines) is 1. The van der Waals surface area contributed by atoms with E-state index in [1.54, 1.807) is 0 Å². The zero-order valence-corrected chi connectivity index (χ0v) is 13.9. The minimum Gasteiger partial charge on any atom is -0.316 e. The molecular formula is C17H35N3. The minimum atomic E-state index is 0.878. The largest absolute Gasteiger partial charge is 0.316 e. The summed E-state index contributed by atoms with van der Waals surface area (Å²) in [5.74, 6) is 2.73. The van der Waals surface area contributed by atoms with E-state index in [0.29, 0.717) is 0 Å². The summed E-state index contributed by atoms with van der Waals surface area (Å²) in [6, 6.07) is 0. The van der Waals surface area contributed by atoms with Gasteiger partial charge in [-0.1, -0.05) is 6.92 Å². The maximum Gasteiger partial charge on any atom is 0.000756 e. The van der Waals surface area contributed by atoms with Gasteiger partial charge in [-0.25, -0.2) is 0 Å². The number of piperidine rings is 2. The van der Waals surface area contributed by atoms with Crippen molar-refractivity contribution >= 4 is 0 Å². The third-order valence-electron chi connectivity index (χ3n) is 5.51. The Morgan fingerprint density at radius 3 is 2.65 bits per heavy atom. The van der Waals surface area contributed by atoms with Crippen LogP contribution in [0.5, 0.6) is 0 Å². The smallest absolute Gasteiger partial charge is 0.000756 e. The second-order valence-corrected chi connectivity index (χ2v) is 7.38. The van der Waals surface area contributed by atoms with Crippen molar-refractivity contribution in [1.82, 2.24) is 15.1 Å². The summed E-state index contributed by atoms with van der Waals surface area (Å²) in [7, 11) is 4.57. The van der Waals surface area contributed by atoms with E-state index in [2.05, 4.69) is 36.1 Å². The average Bonchev–Trinajstić information content (AvgIpc) is 2.48. The van der Waals surface area contributed by atoms with Gasteiger partial charge in [0.15, 0.2) is 0 Å². The van der Waals surface area contributed by atoms with Crippen molar-refractivity contribution in [1.29, 1.82) is 0 Å². The Kier molecular flexibility index (Phi) is 6.79. The lowest BCUT2D eigenvalue weighted by Gasteiger charge is -2.33. The van der Waals surface area contributed by atoms with Crippen LogP contribution in [0.1, 0.15) is 39.0 Å². The number of hydrogen-bond donors (Lipinski definition) is 1. The monoisotopic (exact) mass is 281 g/mol. The van der Waals surface area contributed by atoms with Gasteiger partial charge in [-0.15, -0.1) is 0 Å². The van der Waals surface area contributed by atoms with Gasteiger partial charge in [0.2, 0.25) is 0 Å². The lowest BCUT2D eigenvalue weighted by Crippen LogP contribution is -2.37. The van der Waals surface area contributed by atoms with Gasteiger partial charge in [0.25, 0.3) is 0 Å². The molecule has 2 heterocycles. The van der Waals surface area contributed by atoms with Crippen LogP contribution in [0.4, 0.5) is 0 Å². The molecule has 1 N–H and O–H groups in total. The summed E-state index contributed by atoms with van der Waals surface area (Å²) in [5.41, 5.74) is 0. The first-order chi connectivity index (χ1) is 9.65. The van der Waals surface area contributed by atoms with Gasteiger partial charge < -0.3 is 15.1 Å². The molecule has 2 fully saturated rings. The van der Waals surface area contributed by atoms with Gasteiger partial charge in [0, 0.05) is 6.54 Å². The van der Waals surface area contributed by atoms with Crippen molar-refractivity contribution in [2.75, 3.05) is 53.4 Å². The Labute approximate surface area is 126 Å². The fraction of sp³-hybridized carbons (Fsp3) is 1.00. The second kappa shape index (κ2) is 8.35. The molecule has 0 aliphatic carbocycles. The third kappa shape index (κ3) is 5.34. The van der Waals surface area contributed by atoms with Crippen molar-refractivity contribution in [2.45, 2.75) is 39.0 Å². The molecule has 2 saturated heterocycles.